The molecule has 0 aliphatic carbocycles. The van der Waals surface area contributed by atoms with Gasteiger partial charge < -0.3 is 10.1 Å². The summed E-state index contributed by atoms with van der Waals surface area (Å²) in [7, 11) is 0. The number of pyridine rings is 1. The van der Waals surface area contributed by atoms with Crippen molar-refractivity contribution in [2.75, 3.05) is 10.6 Å². The maximum atomic E-state index is 12.4. The highest BCUT2D eigenvalue weighted by molar-refractivity contribution is 7.14. The van der Waals surface area contributed by atoms with Crippen LogP contribution in [0, 0.1) is 0 Å². The van der Waals surface area contributed by atoms with Crippen LogP contribution in [-0.4, -0.2) is 21.8 Å². The van der Waals surface area contributed by atoms with Crippen molar-refractivity contribution >= 4 is 45.3 Å². The number of hydrogen-bond donors (Lipinski definition) is 2. The number of hydrogen-bond acceptors (Lipinski definition) is 7. The molecule has 2 N–H and O–H groups in total. The van der Waals surface area contributed by atoms with Crippen LogP contribution in [-0.2, 0) is 17.8 Å². The Morgan fingerprint density at radius 1 is 0.968 bits per heavy atom. The summed E-state index contributed by atoms with van der Waals surface area (Å²) in [5.74, 6) is 0.224. The van der Waals surface area contributed by atoms with E-state index in [9.17, 15) is 9.59 Å². The smallest absolute Gasteiger partial charge is 0.267 e. The summed E-state index contributed by atoms with van der Waals surface area (Å²) in [5.41, 5.74) is 2.04. The lowest BCUT2D eigenvalue weighted by molar-refractivity contribution is -0.115. The molecule has 9 heteroatoms. The summed E-state index contributed by atoms with van der Waals surface area (Å²) < 4.78 is 5.74. The monoisotopic (exact) mass is 450 g/mol. The van der Waals surface area contributed by atoms with E-state index >= 15 is 0 Å². The van der Waals surface area contributed by atoms with Crippen LogP contribution >= 0.6 is 22.7 Å². The Labute approximate surface area is 186 Å². The highest BCUT2D eigenvalue weighted by Crippen LogP contribution is 2.20. The third-order valence-corrected chi connectivity index (χ3v) is 5.76. The third kappa shape index (κ3) is 5.97. The van der Waals surface area contributed by atoms with Crippen LogP contribution in [0.2, 0.25) is 0 Å². The van der Waals surface area contributed by atoms with Gasteiger partial charge in [0.15, 0.2) is 5.13 Å². The van der Waals surface area contributed by atoms with E-state index in [0.29, 0.717) is 33.7 Å². The predicted octanol–water partition coefficient (Wildman–Crippen LogP) is 4.61. The first-order valence-electron chi connectivity index (χ1n) is 9.37. The standard InChI is InChI=1S/C22H18N4O3S2/c27-20(12-17-14-31-22(25-17)26-21(28)19-8-4-10-30-19)24-15-6-3-7-18(11-15)29-13-16-5-1-2-9-23-16/h1-11,14H,12-13H2,(H,24,27)(H,25,26,28). The molecule has 7 nitrogen and oxygen atoms in total. The largest absolute Gasteiger partial charge is 0.487 e. The van der Waals surface area contributed by atoms with E-state index in [1.165, 1.54) is 22.7 Å². The van der Waals surface area contributed by atoms with Gasteiger partial charge in [-0.05, 0) is 35.7 Å². The molecule has 31 heavy (non-hydrogen) atoms. The minimum Gasteiger partial charge on any atom is -0.487 e. The van der Waals surface area contributed by atoms with E-state index in [1.807, 2.05) is 41.8 Å². The molecule has 0 spiro atoms. The van der Waals surface area contributed by atoms with Gasteiger partial charge in [-0.2, -0.15) is 0 Å². The van der Waals surface area contributed by atoms with Crippen LogP contribution in [0.3, 0.4) is 0 Å². The van der Waals surface area contributed by atoms with Gasteiger partial charge in [0.1, 0.15) is 12.4 Å². The van der Waals surface area contributed by atoms with Gasteiger partial charge in [0.25, 0.3) is 5.91 Å². The zero-order valence-electron chi connectivity index (χ0n) is 16.3. The maximum absolute atomic E-state index is 12.4. The van der Waals surface area contributed by atoms with Gasteiger partial charge in [-0.25, -0.2) is 4.98 Å². The van der Waals surface area contributed by atoms with Crippen molar-refractivity contribution in [1.82, 2.24) is 9.97 Å². The number of anilines is 2. The van der Waals surface area contributed by atoms with Crippen molar-refractivity contribution in [3.8, 4) is 5.75 Å². The number of amides is 2. The normalized spacial score (nSPS) is 10.5. The van der Waals surface area contributed by atoms with Crippen molar-refractivity contribution in [3.63, 3.8) is 0 Å². The Hall–Kier alpha value is -3.56. The van der Waals surface area contributed by atoms with Gasteiger partial charge in [-0.1, -0.05) is 18.2 Å². The van der Waals surface area contributed by atoms with Gasteiger partial charge in [0, 0.05) is 23.3 Å². The van der Waals surface area contributed by atoms with Crippen molar-refractivity contribution < 1.29 is 14.3 Å². The van der Waals surface area contributed by atoms with E-state index in [4.69, 9.17) is 4.74 Å². The Morgan fingerprint density at radius 2 is 1.90 bits per heavy atom. The first-order valence-corrected chi connectivity index (χ1v) is 11.1. The summed E-state index contributed by atoms with van der Waals surface area (Å²) in [4.78, 5) is 33.7. The van der Waals surface area contributed by atoms with E-state index in [-0.39, 0.29) is 18.2 Å². The zero-order chi connectivity index (χ0) is 21.5. The summed E-state index contributed by atoms with van der Waals surface area (Å²) >= 11 is 2.65. The predicted molar refractivity (Wildman–Crippen MR) is 122 cm³/mol. The topological polar surface area (TPSA) is 93.2 Å². The number of thiazole rings is 1. The average molecular weight is 451 g/mol. The molecule has 2 amide bonds. The maximum Gasteiger partial charge on any atom is 0.267 e. The number of nitrogens with zero attached hydrogens (tertiary/aromatic N) is 2. The van der Waals surface area contributed by atoms with Crippen molar-refractivity contribution in [2.24, 2.45) is 0 Å². The number of thiophene rings is 1. The second kappa shape index (κ2) is 9.96. The molecule has 4 aromatic rings. The lowest BCUT2D eigenvalue weighted by Crippen LogP contribution is -2.15. The molecule has 0 unspecified atom stereocenters. The number of carbonyl (C=O) groups is 2. The second-order valence-electron chi connectivity index (χ2n) is 6.44. The molecule has 0 aliphatic rings. The minimum atomic E-state index is -0.206. The van der Waals surface area contributed by atoms with E-state index < -0.39 is 0 Å². The number of aromatic nitrogens is 2. The SMILES string of the molecule is O=C(Cc1csc(NC(=O)c2cccs2)n1)Nc1cccc(OCc2ccccn2)c1. The molecule has 0 saturated heterocycles. The summed E-state index contributed by atoms with van der Waals surface area (Å²) in [6.07, 6.45) is 1.82. The van der Waals surface area contributed by atoms with Crippen LogP contribution in [0.25, 0.3) is 0 Å². The molecule has 0 fully saturated rings. The molecule has 4 rings (SSSR count). The van der Waals surface area contributed by atoms with Crippen molar-refractivity contribution in [2.45, 2.75) is 13.0 Å². The zero-order valence-corrected chi connectivity index (χ0v) is 17.9. The van der Waals surface area contributed by atoms with Crippen molar-refractivity contribution in [3.05, 3.63) is 87.8 Å². The Balaban J connectivity index is 1.30. The Kier molecular flexibility index (Phi) is 6.65. The Bertz CT molecular complexity index is 1160. The highest BCUT2D eigenvalue weighted by Gasteiger charge is 2.12. The highest BCUT2D eigenvalue weighted by atomic mass is 32.1. The fourth-order valence-electron chi connectivity index (χ4n) is 2.69. The van der Waals surface area contributed by atoms with Gasteiger partial charge in [-0.3, -0.25) is 19.9 Å². The van der Waals surface area contributed by atoms with Crippen LogP contribution < -0.4 is 15.4 Å². The number of nitrogens with one attached hydrogen (secondary N) is 2. The van der Waals surface area contributed by atoms with Gasteiger partial charge in [0.2, 0.25) is 5.91 Å². The van der Waals surface area contributed by atoms with Crippen LogP contribution in [0.15, 0.2) is 71.6 Å². The fourth-order valence-corrected chi connectivity index (χ4v) is 4.01. The van der Waals surface area contributed by atoms with E-state index in [1.54, 1.807) is 29.8 Å². The molecule has 0 radical (unpaired) electrons. The molecule has 0 saturated carbocycles. The van der Waals surface area contributed by atoms with E-state index in [2.05, 4.69) is 20.6 Å². The molecular weight excluding hydrogens is 432 g/mol. The van der Waals surface area contributed by atoms with Crippen LogP contribution in [0.4, 0.5) is 10.8 Å². The first kappa shape index (κ1) is 20.7. The molecule has 3 aromatic heterocycles. The molecule has 3 heterocycles. The van der Waals surface area contributed by atoms with E-state index in [0.717, 1.165) is 5.69 Å². The second-order valence-corrected chi connectivity index (χ2v) is 8.24. The van der Waals surface area contributed by atoms with Crippen LogP contribution in [0.1, 0.15) is 21.1 Å². The number of ether oxygens (including phenoxy) is 1. The fraction of sp³-hybridized carbons (Fsp3) is 0.0909. The average Bonchev–Trinajstić information content (AvgIpc) is 3.46. The van der Waals surface area contributed by atoms with Crippen molar-refractivity contribution in [1.29, 1.82) is 0 Å². The molecule has 156 valence electrons. The molecule has 1 aromatic carbocycles. The Morgan fingerprint density at radius 3 is 2.71 bits per heavy atom. The van der Waals surface area contributed by atoms with Crippen LogP contribution in [0.5, 0.6) is 5.75 Å². The molecule has 0 aliphatic heterocycles. The molecular formula is C22H18N4O3S2. The summed E-state index contributed by atoms with van der Waals surface area (Å²) in [5, 5.41) is 9.66. The first-order chi connectivity index (χ1) is 15.2. The summed E-state index contributed by atoms with van der Waals surface area (Å²) in [6, 6.07) is 16.4. The minimum absolute atomic E-state index is 0.102. The van der Waals surface area contributed by atoms with Gasteiger partial charge in [-0.15, -0.1) is 22.7 Å². The molecule has 0 bridgehead atoms. The summed E-state index contributed by atoms with van der Waals surface area (Å²) in [6.45, 7) is 0.344. The number of benzene rings is 1. The number of rotatable bonds is 8. The van der Waals surface area contributed by atoms with Gasteiger partial charge in [0.05, 0.1) is 22.7 Å². The third-order valence-electron chi connectivity index (χ3n) is 4.09. The number of carbonyl (C=O) groups excluding carboxylic acids is 2. The quantitative estimate of drug-likeness (QED) is 0.409. The lowest BCUT2D eigenvalue weighted by atomic mass is 10.2. The molecule has 0 atom stereocenters. The van der Waals surface area contributed by atoms with Gasteiger partial charge >= 0.3 is 0 Å². The lowest BCUT2D eigenvalue weighted by Gasteiger charge is -2.08.